The van der Waals surface area contributed by atoms with Crippen LogP contribution >= 0.6 is 0 Å². The lowest BCUT2D eigenvalue weighted by Gasteiger charge is -2.36. The van der Waals surface area contributed by atoms with Crippen molar-refractivity contribution in [2.24, 2.45) is 0 Å². The summed E-state index contributed by atoms with van der Waals surface area (Å²) in [6.07, 6.45) is 1.46. The van der Waals surface area contributed by atoms with E-state index in [0.717, 1.165) is 24.7 Å². The van der Waals surface area contributed by atoms with Gasteiger partial charge in [0, 0.05) is 26.2 Å². The zero-order chi connectivity index (χ0) is 15.5. The molecule has 1 aliphatic rings. The van der Waals surface area contributed by atoms with E-state index in [-0.39, 0.29) is 6.09 Å². The Hall–Kier alpha value is -1.98. The van der Waals surface area contributed by atoms with E-state index in [1.165, 1.54) is 0 Å². The van der Waals surface area contributed by atoms with Crippen LogP contribution in [0.15, 0.2) is 18.3 Å². The highest BCUT2D eigenvalue weighted by molar-refractivity contribution is 5.68. The standard InChI is InChI=1S/C15H23N3O3/c1-15(2,3)21-14(19)18-9-7-17(8-10-18)13-6-5-12(20-4)11-16-13/h5-6,11H,7-10H2,1-4H3. The molecule has 0 bridgehead atoms. The molecule has 0 spiro atoms. The number of hydrogen-bond donors (Lipinski definition) is 0. The van der Waals surface area contributed by atoms with Crippen LogP contribution in [-0.2, 0) is 4.74 Å². The number of hydrogen-bond acceptors (Lipinski definition) is 5. The lowest BCUT2D eigenvalue weighted by Crippen LogP contribution is -2.50. The molecule has 1 saturated heterocycles. The van der Waals surface area contributed by atoms with Gasteiger partial charge in [0.15, 0.2) is 0 Å². The van der Waals surface area contributed by atoms with Gasteiger partial charge in [-0.25, -0.2) is 9.78 Å². The van der Waals surface area contributed by atoms with E-state index in [4.69, 9.17) is 9.47 Å². The third kappa shape index (κ3) is 4.24. The molecular formula is C15H23N3O3. The number of carbonyl (C=O) groups excluding carboxylic acids is 1. The van der Waals surface area contributed by atoms with Crippen LogP contribution in [0.2, 0.25) is 0 Å². The van der Waals surface area contributed by atoms with Gasteiger partial charge >= 0.3 is 6.09 Å². The Balaban J connectivity index is 1.89. The SMILES string of the molecule is COc1ccc(N2CCN(C(=O)OC(C)(C)C)CC2)nc1. The highest BCUT2D eigenvalue weighted by Gasteiger charge is 2.26. The summed E-state index contributed by atoms with van der Waals surface area (Å²) >= 11 is 0. The van der Waals surface area contributed by atoms with Crippen molar-refractivity contribution in [2.75, 3.05) is 38.2 Å². The van der Waals surface area contributed by atoms with Crippen molar-refractivity contribution < 1.29 is 14.3 Å². The second-order valence-corrected chi connectivity index (χ2v) is 6.01. The van der Waals surface area contributed by atoms with Crippen LogP contribution in [0.5, 0.6) is 5.75 Å². The molecular weight excluding hydrogens is 270 g/mol. The van der Waals surface area contributed by atoms with Crippen molar-refractivity contribution in [1.82, 2.24) is 9.88 Å². The highest BCUT2D eigenvalue weighted by Crippen LogP contribution is 2.18. The molecule has 1 aromatic rings. The fourth-order valence-corrected chi connectivity index (χ4v) is 2.12. The predicted molar refractivity (Wildman–Crippen MR) is 80.8 cm³/mol. The Kier molecular flexibility index (Phi) is 4.55. The van der Waals surface area contributed by atoms with E-state index in [1.54, 1.807) is 18.2 Å². The van der Waals surface area contributed by atoms with Gasteiger partial charge in [-0.05, 0) is 32.9 Å². The number of amides is 1. The third-order valence-corrected chi connectivity index (χ3v) is 3.21. The summed E-state index contributed by atoms with van der Waals surface area (Å²) in [6.45, 7) is 8.41. The maximum atomic E-state index is 12.0. The number of anilines is 1. The van der Waals surface area contributed by atoms with E-state index in [1.807, 2.05) is 32.9 Å². The first kappa shape index (κ1) is 15.4. The molecule has 0 atom stereocenters. The molecule has 1 amide bonds. The minimum atomic E-state index is -0.453. The molecule has 0 N–H and O–H groups in total. The van der Waals surface area contributed by atoms with Gasteiger partial charge in [-0.3, -0.25) is 0 Å². The molecule has 1 aliphatic heterocycles. The van der Waals surface area contributed by atoms with Crippen molar-refractivity contribution in [2.45, 2.75) is 26.4 Å². The largest absolute Gasteiger partial charge is 0.495 e. The lowest BCUT2D eigenvalue weighted by atomic mass is 10.2. The van der Waals surface area contributed by atoms with Gasteiger partial charge in [-0.15, -0.1) is 0 Å². The maximum Gasteiger partial charge on any atom is 0.410 e. The number of aromatic nitrogens is 1. The first-order chi connectivity index (χ1) is 9.89. The third-order valence-electron chi connectivity index (χ3n) is 3.21. The summed E-state index contributed by atoms with van der Waals surface area (Å²) in [7, 11) is 1.62. The van der Waals surface area contributed by atoms with E-state index in [2.05, 4.69) is 9.88 Å². The summed E-state index contributed by atoms with van der Waals surface area (Å²) in [5.74, 6) is 1.64. The van der Waals surface area contributed by atoms with E-state index in [9.17, 15) is 4.79 Å². The van der Waals surface area contributed by atoms with Crippen molar-refractivity contribution >= 4 is 11.9 Å². The quantitative estimate of drug-likeness (QED) is 0.836. The molecule has 116 valence electrons. The van der Waals surface area contributed by atoms with Gasteiger partial charge in [-0.1, -0.05) is 0 Å². The molecule has 2 heterocycles. The summed E-state index contributed by atoms with van der Waals surface area (Å²) in [6, 6.07) is 3.82. The van der Waals surface area contributed by atoms with Crippen LogP contribution in [0.1, 0.15) is 20.8 Å². The van der Waals surface area contributed by atoms with Crippen LogP contribution in [0.4, 0.5) is 10.6 Å². The Morgan fingerprint density at radius 1 is 1.19 bits per heavy atom. The number of carbonyl (C=O) groups is 1. The number of ether oxygens (including phenoxy) is 2. The first-order valence-electron chi connectivity index (χ1n) is 7.12. The monoisotopic (exact) mass is 293 g/mol. The summed E-state index contributed by atoms with van der Waals surface area (Å²) in [5.41, 5.74) is -0.453. The van der Waals surface area contributed by atoms with E-state index >= 15 is 0 Å². The Morgan fingerprint density at radius 2 is 1.86 bits per heavy atom. The Labute approximate surface area is 125 Å². The van der Waals surface area contributed by atoms with Crippen LogP contribution in [0, 0.1) is 0 Å². The van der Waals surface area contributed by atoms with Gasteiger partial charge in [0.05, 0.1) is 13.3 Å². The van der Waals surface area contributed by atoms with Crippen LogP contribution < -0.4 is 9.64 Å². The van der Waals surface area contributed by atoms with Crippen LogP contribution in [0.25, 0.3) is 0 Å². The van der Waals surface area contributed by atoms with Crippen LogP contribution in [-0.4, -0.2) is 54.9 Å². The molecule has 6 nitrogen and oxygen atoms in total. The topological polar surface area (TPSA) is 54.9 Å². The maximum absolute atomic E-state index is 12.0. The molecule has 21 heavy (non-hydrogen) atoms. The molecule has 0 aliphatic carbocycles. The summed E-state index contributed by atoms with van der Waals surface area (Å²) in [4.78, 5) is 20.3. The average Bonchev–Trinajstić information content (AvgIpc) is 2.46. The smallest absolute Gasteiger partial charge is 0.410 e. The molecule has 0 radical (unpaired) electrons. The number of rotatable bonds is 2. The average molecular weight is 293 g/mol. The minimum Gasteiger partial charge on any atom is -0.495 e. The molecule has 1 fully saturated rings. The van der Waals surface area contributed by atoms with E-state index in [0.29, 0.717) is 13.1 Å². The minimum absolute atomic E-state index is 0.246. The molecule has 1 aromatic heterocycles. The van der Waals surface area contributed by atoms with E-state index < -0.39 is 5.60 Å². The van der Waals surface area contributed by atoms with Crippen molar-refractivity contribution in [3.8, 4) is 5.75 Å². The van der Waals surface area contributed by atoms with Crippen molar-refractivity contribution in [3.05, 3.63) is 18.3 Å². The second kappa shape index (κ2) is 6.20. The second-order valence-electron chi connectivity index (χ2n) is 6.01. The molecule has 2 rings (SSSR count). The predicted octanol–water partition coefficient (Wildman–Crippen LogP) is 2.15. The normalized spacial score (nSPS) is 15.8. The molecule has 0 saturated carbocycles. The first-order valence-corrected chi connectivity index (χ1v) is 7.12. The summed E-state index contributed by atoms with van der Waals surface area (Å²) < 4.78 is 10.5. The Bertz CT molecular complexity index is 474. The number of methoxy groups -OCH3 is 1. The summed E-state index contributed by atoms with van der Waals surface area (Å²) in [5, 5.41) is 0. The lowest BCUT2D eigenvalue weighted by molar-refractivity contribution is 0.0240. The van der Waals surface area contributed by atoms with Crippen molar-refractivity contribution in [3.63, 3.8) is 0 Å². The molecule has 0 aromatic carbocycles. The van der Waals surface area contributed by atoms with Gasteiger partial charge in [0.25, 0.3) is 0 Å². The molecule has 0 unspecified atom stereocenters. The van der Waals surface area contributed by atoms with Crippen molar-refractivity contribution in [1.29, 1.82) is 0 Å². The number of pyridine rings is 1. The highest BCUT2D eigenvalue weighted by atomic mass is 16.6. The van der Waals surface area contributed by atoms with Crippen LogP contribution in [0.3, 0.4) is 0 Å². The fraction of sp³-hybridized carbons (Fsp3) is 0.600. The van der Waals surface area contributed by atoms with Gasteiger partial charge < -0.3 is 19.3 Å². The zero-order valence-corrected chi connectivity index (χ0v) is 13.1. The fourth-order valence-electron chi connectivity index (χ4n) is 2.12. The van der Waals surface area contributed by atoms with Gasteiger partial charge in [0.1, 0.15) is 17.2 Å². The molecule has 6 heteroatoms. The van der Waals surface area contributed by atoms with Gasteiger partial charge in [-0.2, -0.15) is 0 Å². The Morgan fingerprint density at radius 3 is 2.33 bits per heavy atom. The van der Waals surface area contributed by atoms with Gasteiger partial charge in [0.2, 0.25) is 0 Å². The number of piperazine rings is 1. The number of nitrogens with zero attached hydrogens (tertiary/aromatic N) is 3. The zero-order valence-electron chi connectivity index (χ0n) is 13.1.